The number of ketones is 1. The summed E-state index contributed by atoms with van der Waals surface area (Å²) in [6, 6.07) is 14.5. The first-order valence-electron chi connectivity index (χ1n) is 6.66. The molecule has 1 aromatic heterocycles. The smallest absolute Gasteiger partial charge is 0.186 e. The van der Waals surface area contributed by atoms with E-state index in [1.54, 1.807) is 30.5 Å². The number of fused-ring (bicyclic) bond motifs is 1. The van der Waals surface area contributed by atoms with E-state index < -0.39 is 0 Å². The maximum atomic E-state index is 12.4. The van der Waals surface area contributed by atoms with E-state index in [0.29, 0.717) is 15.6 Å². The molecule has 0 unspecified atom stereocenters. The van der Waals surface area contributed by atoms with Gasteiger partial charge in [0.15, 0.2) is 5.78 Å². The van der Waals surface area contributed by atoms with Gasteiger partial charge in [0, 0.05) is 17.1 Å². The molecule has 22 heavy (non-hydrogen) atoms. The Morgan fingerprint density at radius 1 is 1.00 bits per heavy atom. The standard InChI is InChI=1S/C18H11Cl2NO/c19-15-7-5-12(11-16(15)20)6-8-18(22)14-9-10-21-17-4-2-1-3-13(14)17/h1-11H/b8-6+. The molecule has 2 nitrogen and oxygen atoms in total. The Morgan fingerprint density at radius 3 is 2.64 bits per heavy atom. The number of pyridine rings is 1. The van der Waals surface area contributed by atoms with Gasteiger partial charge in [0.05, 0.1) is 15.6 Å². The van der Waals surface area contributed by atoms with Crippen LogP contribution >= 0.6 is 23.2 Å². The van der Waals surface area contributed by atoms with Crippen LogP contribution in [-0.4, -0.2) is 10.8 Å². The maximum Gasteiger partial charge on any atom is 0.186 e. The Morgan fingerprint density at radius 2 is 1.82 bits per heavy atom. The predicted octanol–water partition coefficient (Wildman–Crippen LogP) is 5.44. The number of allylic oxidation sites excluding steroid dienone is 1. The fourth-order valence-electron chi connectivity index (χ4n) is 2.19. The SMILES string of the molecule is O=C(/C=C/c1ccc(Cl)c(Cl)c1)c1ccnc2ccccc12. The molecule has 3 aromatic rings. The van der Waals surface area contributed by atoms with E-state index in [9.17, 15) is 4.79 Å². The zero-order valence-electron chi connectivity index (χ0n) is 11.5. The number of para-hydroxylation sites is 1. The van der Waals surface area contributed by atoms with Gasteiger partial charge < -0.3 is 0 Å². The Hall–Kier alpha value is -2.16. The van der Waals surface area contributed by atoms with Crippen LogP contribution < -0.4 is 0 Å². The Bertz CT molecular complexity index is 882. The molecule has 0 bridgehead atoms. The topological polar surface area (TPSA) is 30.0 Å². The first kappa shape index (κ1) is 14.8. The molecule has 2 aromatic carbocycles. The number of hydrogen-bond donors (Lipinski definition) is 0. The molecule has 0 N–H and O–H groups in total. The van der Waals surface area contributed by atoms with Crippen molar-refractivity contribution in [3.05, 3.63) is 82.0 Å². The van der Waals surface area contributed by atoms with Gasteiger partial charge in [0.1, 0.15) is 0 Å². The molecular formula is C18H11Cl2NO. The summed E-state index contributed by atoms with van der Waals surface area (Å²) in [6.45, 7) is 0. The number of halogens is 2. The zero-order chi connectivity index (χ0) is 15.5. The molecule has 0 fully saturated rings. The number of rotatable bonds is 3. The van der Waals surface area contributed by atoms with E-state index in [0.717, 1.165) is 16.5 Å². The number of benzene rings is 2. The van der Waals surface area contributed by atoms with Gasteiger partial charge in [-0.3, -0.25) is 9.78 Å². The molecule has 0 aliphatic heterocycles. The van der Waals surface area contributed by atoms with E-state index >= 15 is 0 Å². The van der Waals surface area contributed by atoms with Crippen LogP contribution in [0.4, 0.5) is 0 Å². The van der Waals surface area contributed by atoms with Crippen molar-refractivity contribution in [1.82, 2.24) is 4.98 Å². The summed E-state index contributed by atoms with van der Waals surface area (Å²) >= 11 is 11.8. The highest BCUT2D eigenvalue weighted by Crippen LogP contribution is 2.23. The Balaban J connectivity index is 1.93. The summed E-state index contributed by atoms with van der Waals surface area (Å²) in [4.78, 5) is 16.7. The number of aromatic nitrogens is 1. The second-order valence-electron chi connectivity index (χ2n) is 4.75. The highest BCUT2D eigenvalue weighted by atomic mass is 35.5. The minimum absolute atomic E-state index is 0.0790. The zero-order valence-corrected chi connectivity index (χ0v) is 13.0. The van der Waals surface area contributed by atoms with Gasteiger partial charge in [0.25, 0.3) is 0 Å². The lowest BCUT2D eigenvalue weighted by Gasteiger charge is -2.02. The van der Waals surface area contributed by atoms with Gasteiger partial charge in [-0.15, -0.1) is 0 Å². The molecule has 108 valence electrons. The maximum absolute atomic E-state index is 12.4. The summed E-state index contributed by atoms with van der Waals surface area (Å²) < 4.78 is 0. The second-order valence-corrected chi connectivity index (χ2v) is 5.56. The molecule has 0 atom stereocenters. The first-order chi connectivity index (χ1) is 10.6. The van der Waals surface area contributed by atoms with Crippen molar-refractivity contribution in [2.75, 3.05) is 0 Å². The third kappa shape index (κ3) is 3.03. The molecular weight excluding hydrogens is 317 g/mol. The molecule has 4 heteroatoms. The van der Waals surface area contributed by atoms with Gasteiger partial charge in [0.2, 0.25) is 0 Å². The summed E-state index contributed by atoms with van der Waals surface area (Å²) in [7, 11) is 0. The van der Waals surface area contributed by atoms with Gasteiger partial charge >= 0.3 is 0 Å². The third-order valence-electron chi connectivity index (χ3n) is 3.29. The number of hydrogen-bond acceptors (Lipinski definition) is 2. The lowest BCUT2D eigenvalue weighted by Crippen LogP contribution is -1.96. The van der Waals surface area contributed by atoms with Gasteiger partial charge in [-0.1, -0.05) is 53.5 Å². The van der Waals surface area contributed by atoms with Crippen LogP contribution in [0.25, 0.3) is 17.0 Å². The monoisotopic (exact) mass is 327 g/mol. The lowest BCUT2D eigenvalue weighted by atomic mass is 10.0. The van der Waals surface area contributed by atoms with Gasteiger partial charge in [-0.05, 0) is 35.9 Å². The quantitative estimate of drug-likeness (QED) is 0.473. The number of nitrogens with zero attached hydrogens (tertiary/aromatic N) is 1. The van der Waals surface area contributed by atoms with Crippen molar-refractivity contribution in [3.8, 4) is 0 Å². The van der Waals surface area contributed by atoms with Crippen LogP contribution in [0.15, 0.2) is 60.8 Å². The van der Waals surface area contributed by atoms with E-state index in [4.69, 9.17) is 23.2 Å². The number of carbonyl (C=O) groups is 1. The fourth-order valence-corrected chi connectivity index (χ4v) is 2.49. The predicted molar refractivity (Wildman–Crippen MR) is 91.6 cm³/mol. The Labute approximate surface area is 138 Å². The van der Waals surface area contributed by atoms with Crippen LogP contribution in [0, 0.1) is 0 Å². The van der Waals surface area contributed by atoms with E-state index in [2.05, 4.69) is 4.98 Å². The first-order valence-corrected chi connectivity index (χ1v) is 7.42. The molecule has 0 aliphatic carbocycles. The summed E-state index contributed by atoms with van der Waals surface area (Å²) in [5, 5.41) is 1.80. The normalized spacial score (nSPS) is 11.2. The van der Waals surface area contributed by atoms with Gasteiger partial charge in [-0.25, -0.2) is 0 Å². The van der Waals surface area contributed by atoms with E-state index in [1.807, 2.05) is 30.3 Å². The highest BCUT2D eigenvalue weighted by molar-refractivity contribution is 6.42. The summed E-state index contributed by atoms with van der Waals surface area (Å²) in [6.07, 6.45) is 4.89. The van der Waals surface area contributed by atoms with Crippen molar-refractivity contribution in [3.63, 3.8) is 0 Å². The molecule has 0 radical (unpaired) electrons. The van der Waals surface area contributed by atoms with Crippen LogP contribution in [0.5, 0.6) is 0 Å². The third-order valence-corrected chi connectivity index (χ3v) is 4.02. The minimum Gasteiger partial charge on any atom is -0.289 e. The minimum atomic E-state index is -0.0790. The van der Waals surface area contributed by atoms with Gasteiger partial charge in [-0.2, -0.15) is 0 Å². The Kier molecular flexibility index (Phi) is 4.23. The molecule has 0 amide bonds. The number of carbonyl (C=O) groups excluding carboxylic acids is 1. The lowest BCUT2D eigenvalue weighted by molar-refractivity contribution is 0.104. The molecule has 1 heterocycles. The van der Waals surface area contributed by atoms with Crippen LogP contribution in [0.2, 0.25) is 10.0 Å². The molecule has 0 saturated carbocycles. The summed E-state index contributed by atoms with van der Waals surface area (Å²) in [5.41, 5.74) is 2.25. The fraction of sp³-hybridized carbons (Fsp3) is 0. The molecule has 0 saturated heterocycles. The highest BCUT2D eigenvalue weighted by Gasteiger charge is 2.07. The molecule has 3 rings (SSSR count). The van der Waals surface area contributed by atoms with Crippen LogP contribution in [-0.2, 0) is 0 Å². The summed E-state index contributed by atoms with van der Waals surface area (Å²) in [5.74, 6) is -0.0790. The van der Waals surface area contributed by atoms with Crippen LogP contribution in [0.3, 0.4) is 0 Å². The van der Waals surface area contributed by atoms with Crippen molar-refractivity contribution in [1.29, 1.82) is 0 Å². The average Bonchev–Trinajstić information content (AvgIpc) is 2.55. The van der Waals surface area contributed by atoms with Crippen molar-refractivity contribution in [2.45, 2.75) is 0 Å². The van der Waals surface area contributed by atoms with Crippen molar-refractivity contribution in [2.24, 2.45) is 0 Å². The molecule has 0 aliphatic rings. The van der Waals surface area contributed by atoms with E-state index in [1.165, 1.54) is 6.08 Å². The van der Waals surface area contributed by atoms with E-state index in [-0.39, 0.29) is 5.78 Å². The van der Waals surface area contributed by atoms with Crippen LogP contribution in [0.1, 0.15) is 15.9 Å². The molecule has 0 spiro atoms. The van der Waals surface area contributed by atoms with Crippen molar-refractivity contribution >= 4 is 46.0 Å². The second kappa shape index (κ2) is 6.30. The largest absolute Gasteiger partial charge is 0.289 e. The average molecular weight is 328 g/mol. The van der Waals surface area contributed by atoms with Crippen molar-refractivity contribution < 1.29 is 4.79 Å².